The molecule has 0 aliphatic rings. The van der Waals surface area contributed by atoms with E-state index in [4.69, 9.17) is 4.74 Å². The van der Waals surface area contributed by atoms with Gasteiger partial charge >= 0.3 is 11.9 Å². The first-order valence-corrected chi connectivity index (χ1v) is 9.17. The van der Waals surface area contributed by atoms with E-state index < -0.39 is 0 Å². The number of rotatable bonds is 6. The Morgan fingerprint density at radius 1 is 1.08 bits per heavy atom. The van der Waals surface area contributed by atoms with E-state index in [1.807, 2.05) is 32.9 Å². The largest absolute Gasteiger partial charge is 0.469 e. The topological polar surface area (TPSA) is 52.6 Å². The fourth-order valence-electron chi connectivity index (χ4n) is 2.39. The maximum Gasteiger partial charge on any atom is 0.309 e. The third-order valence-electron chi connectivity index (χ3n) is 3.32. The number of carbonyl (C=O) groups is 2. The number of ether oxygens (including phenoxy) is 2. The van der Waals surface area contributed by atoms with Gasteiger partial charge in [0, 0.05) is 6.92 Å². The van der Waals surface area contributed by atoms with E-state index in [0.717, 1.165) is 24.8 Å². The predicted molar refractivity (Wildman–Crippen MR) is 107 cm³/mol. The Morgan fingerprint density at radius 2 is 1.65 bits per heavy atom. The predicted octanol–water partition coefficient (Wildman–Crippen LogP) is 5.34. The number of methoxy groups -OCH3 is 1. The van der Waals surface area contributed by atoms with Crippen LogP contribution in [0.4, 0.5) is 0 Å². The van der Waals surface area contributed by atoms with Crippen molar-refractivity contribution in [2.75, 3.05) is 7.11 Å². The van der Waals surface area contributed by atoms with Crippen LogP contribution in [0.3, 0.4) is 0 Å². The van der Waals surface area contributed by atoms with Crippen molar-refractivity contribution in [3.63, 3.8) is 0 Å². The molecule has 0 N–H and O–H groups in total. The molecule has 0 amide bonds. The number of hydrogen-bond acceptors (Lipinski definition) is 4. The number of allylic oxidation sites excluding steroid dienone is 2. The highest BCUT2D eigenvalue weighted by atomic mass is 16.6. The summed E-state index contributed by atoms with van der Waals surface area (Å²) in [5, 5.41) is 0. The fraction of sp³-hybridized carbons (Fsp3) is 0.545. The summed E-state index contributed by atoms with van der Waals surface area (Å²) in [6, 6.07) is 8.20. The summed E-state index contributed by atoms with van der Waals surface area (Å²) in [6.45, 7) is 11.3. The molecule has 0 radical (unpaired) electrons. The van der Waals surface area contributed by atoms with Gasteiger partial charge in [0.15, 0.2) is 0 Å². The van der Waals surface area contributed by atoms with Crippen molar-refractivity contribution < 1.29 is 19.1 Å². The van der Waals surface area contributed by atoms with Gasteiger partial charge in [0.05, 0.1) is 13.5 Å². The van der Waals surface area contributed by atoms with Crippen LogP contribution < -0.4 is 0 Å². The van der Waals surface area contributed by atoms with Gasteiger partial charge in [-0.1, -0.05) is 50.6 Å². The Hall–Kier alpha value is -2.10. The Kier molecular flexibility index (Phi) is 11.3. The average molecular weight is 363 g/mol. The average Bonchev–Trinajstić information content (AvgIpc) is 2.53. The molecule has 0 atom stereocenters. The molecule has 26 heavy (non-hydrogen) atoms. The van der Waals surface area contributed by atoms with Crippen molar-refractivity contribution in [1.82, 2.24) is 0 Å². The summed E-state index contributed by atoms with van der Waals surface area (Å²) in [6.07, 6.45) is 5.93. The number of carbonyl (C=O) groups excluding carboxylic acids is 2. The number of esters is 2. The number of hydrogen-bond donors (Lipinski definition) is 0. The minimum absolute atomic E-state index is 0.194. The Labute approximate surface area is 158 Å². The first-order valence-electron chi connectivity index (χ1n) is 9.17. The second-order valence-electron chi connectivity index (χ2n) is 7.04. The summed E-state index contributed by atoms with van der Waals surface area (Å²) in [5.74, 6) is -0.418. The molecule has 1 aromatic rings. The summed E-state index contributed by atoms with van der Waals surface area (Å²) < 4.78 is 9.46. The summed E-state index contributed by atoms with van der Waals surface area (Å²) >= 11 is 0. The zero-order valence-electron chi connectivity index (χ0n) is 17.3. The standard InChI is InChI=1S/C16H22O2.C6H12O2/c1-4-6-14(7-5-2)15-10-8-13(9-11-15)12-16(17)18-3;1-5(7)8-6(2,3)4/h6,8-11H,4-5,7,12H2,1-3H3;1-4H3/b14-6+;. The lowest BCUT2D eigenvalue weighted by Crippen LogP contribution is -2.21. The fourth-order valence-corrected chi connectivity index (χ4v) is 2.39. The maximum absolute atomic E-state index is 11.2. The van der Waals surface area contributed by atoms with E-state index in [-0.39, 0.29) is 17.5 Å². The summed E-state index contributed by atoms with van der Waals surface area (Å²) in [4.78, 5) is 21.4. The molecular formula is C22H34O4. The van der Waals surface area contributed by atoms with Crippen molar-refractivity contribution >= 4 is 17.5 Å². The van der Waals surface area contributed by atoms with Crippen molar-refractivity contribution in [3.05, 3.63) is 41.5 Å². The first-order chi connectivity index (χ1) is 12.1. The van der Waals surface area contributed by atoms with Crippen LogP contribution in [0.5, 0.6) is 0 Å². The van der Waals surface area contributed by atoms with Crippen molar-refractivity contribution in [3.8, 4) is 0 Å². The molecule has 0 aliphatic heterocycles. The summed E-state index contributed by atoms with van der Waals surface area (Å²) in [7, 11) is 1.42. The SMILES string of the molecule is CC(=O)OC(C)(C)C.CC/C=C(\CCC)c1ccc(CC(=O)OC)cc1. The lowest BCUT2D eigenvalue weighted by atomic mass is 9.98. The molecule has 0 unspecified atom stereocenters. The third kappa shape index (κ3) is 11.5. The van der Waals surface area contributed by atoms with Crippen molar-refractivity contribution in [2.24, 2.45) is 0 Å². The molecule has 0 saturated heterocycles. The highest BCUT2D eigenvalue weighted by Crippen LogP contribution is 2.21. The van der Waals surface area contributed by atoms with Gasteiger partial charge in [-0.25, -0.2) is 0 Å². The minimum atomic E-state index is -0.328. The lowest BCUT2D eigenvalue weighted by molar-refractivity contribution is -0.152. The second-order valence-corrected chi connectivity index (χ2v) is 7.04. The Morgan fingerprint density at radius 3 is 2.00 bits per heavy atom. The van der Waals surface area contributed by atoms with Crippen LogP contribution >= 0.6 is 0 Å². The van der Waals surface area contributed by atoms with E-state index in [1.165, 1.54) is 25.2 Å². The minimum Gasteiger partial charge on any atom is -0.469 e. The van der Waals surface area contributed by atoms with Gasteiger partial charge in [0.2, 0.25) is 0 Å². The van der Waals surface area contributed by atoms with E-state index in [9.17, 15) is 9.59 Å². The Bertz CT molecular complexity index is 577. The smallest absolute Gasteiger partial charge is 0.309 e. The molecular weight excluding hydrogens is 328 g/mol. The molecule has 0 spiro atoms. The van der Waals surface area contributed by atoms with E-state index >= 15 is 0 Å². The van der Waals surface area contributed by atoms with Crippen LogP contribution in [-0.4, -0.2) is 24.6 Å². The van der Waals surface area contributed by atoms with Crippen molar-refractivity contribution in [1.29, 1.82) is 0 Å². The maximum atomic E-state index is 11.2. The van der Waals surface area contributed by atoms with Crippen LogP contribution in [-0.2, 0) is 25.5 Å². The normalized spacial score (nSPS) is 11.3. The van der Waals surface area contributed by atoms with E-state index in [1.54, 1.807) is 0 Å². The summed E-state index contributed by atoms with van der Waals surface area (Å²) in [5.41, 5.74) is 3.32. The van der Waals surface area contributed by atoms with Crippen LogP contribution in [0, 0.1) is 0 Å². The molecule has 4 nitrogen and oxygen atoms in total. The van der Waals surface area contributed by atoms with E-state index in [0.29, 0.717) is 6.42 Å². The van der Waals surface area contributed by atoms with Crippen LogP contribution in [0.1, 0.15) is 71.9 Å². The van der Waals surface area contributed by atoms with Crippen LogP contribution in [0.25, 0.3) is 5.57 Å². The van der Waals surface area contributed by atoms with Gasteiger partial charge in [-0.15, -0.1) is 0 Å². The molecule has 146 valence electrons. The highest BCUT2D eigenvalue weighted by molar-refractivity contribution is 5.73. The van der Waals surface area contributed by atoms with Crippen molar-refractivity contribution in [2.45, 2.75) is 72.8 Å². The van der Waals surface area contributed by atoms with E-state index in [2.05, 4.69) is 36.8 Å². The van der Waals surface area contributed by atoms with Gasteiger partial charge in [-0.2, -0.15) is 0 Å². The molecule has 0 aromatic heterocycles. The van der Waals surface area contributed by atoms with Gasteiger partial charge in [0.25, 0.3) is 0 Å². The lowest BCUT2D eigenvalue weighted by Gasteiger charge is -2.17. The van der Waals surface area contributed by atoms with Gasteiger partial charge in [0.1, 0.15) is 5.60 Å². The van der Waals surface area contributed by atoms with Crippen LogP contribution in [0.2, 0.25) is 0 Å². The molecule has 0 fully saturated rings. The third-order valence-corrected chi connectivity index (χ3v) is 3.32. The molecule has 0 saturated carbocycles. The van der Waals surface area contributed by atoms with Gasteiger partial charge in [-0.3, -0.25) is 9.59 Å². The van der Waals surface area contributed by atoms with Gasteiger partial charge in [-0.05, 0) is 50.3 Å². The quantitative estimate of drug-likeness (QED) is 0.641. The monoisotopic (exact) mass is 362 g/mol. The van der Waals surface area contributed by atoms with Crippen LogP contribution in [0.15, 0.2) is 30.3 Å². The first kappa shape index (κ1) is 23.9. The molecule has 1 aromatic carbocycles. The molecule has 1 rings (SSSR count). The highest BCUT2D eigenvalue weighted by Gasteiger charge is 2.11. The zero-order chi connectivity index (χ0) is 20.2. The number of benzene rings is 1. The molecule has 0 bridgehead atoms. The second kappa shape index (κ2) is 12.3. The zero-order valence-corrected chi connectivity index (χ0v) is 17.3. The molecule has 0 heterocycles. The van der Waals surface area contributed by atoms with Gasteiger partial charge < -0.3 is 9.47 Å². The Balaban J connectivity index is 0.000000660. The molecule has 0 aliphatic carbocycles. The molecule has 4 heteroatoms.